The molecule has 2 aliphatic heterocycles. The van der Waals surface area contributed by atoms with Crippen LogP contribution >= 0.6 is 0 Å². The average Bonchev–Trinajstić information content (AvgIpc) is 3.10. The average molecular weight is 616 g/mol. The Labute approximate surface area is 267 Å². The lowest BCUT2D eigenvalue weighted by molar-refractivity contribution is -0.121. The predicted octanol–water partition coefficient (Wildman–Crippen LogP) is 6.48. The van der Waals surface area contributed by atoms with E-state index in [0.29, 0.717) is 34.0 Å². The Morgan fingerprint density at radius 1 is 0.717 bits per heavy atom. The molecule has 0 spiro atoms. The minimum atomic E-state index is -0.755. The van der Waals surface area contributed by atoms with E-state index in [2.05, 4.69) is 0 Å². The zero-order chi connectivity index (χ0) is 32.0. The Bertz CT molecular complexity index is 1720. The maximum absolute atomic E-state index is 13.7. The third-order valence-electron chi connectivity index (χ3n) is 8.02. The lowest BCUT2D eigenvalue weighted by Gasteiger charge is -2.33. The van der Waals surface area contributed by atoms with Crippen molar-refractivity contribution in [3.05, 3.63) is 125 Å². The highest BCUT2D eigenvalue weighted by molar-refractivity contribution is 6.46. The molecular weight excluding hydrogens is 582 g/mol. The SMILES string of the molecule is COc1cc(C=C2C(=O)N(c3ccccc3)C(=O)N(c3ccccc3)C2=O)ccc1OCc1ccc(C(=O)N2CCCCC2)cc1. The molecule has 0 unspecified atom stereocenters. The molecule has 0 atom stereocenters. The molecule has 2 heterocycles. The van der Waals surface area contributed by atoms with Gasteiger partial charge in [-0.1, -0.05) is 54.6 Å². The van der Waals surface area contributed by atoms with Gasteiger partial charge in [-0.15, -0.1) is 0 Å². The molecule has 2 fully saturated rings. The topological polar surface area (TPSA) is 96.5 Å². The van der Waals surface area contributed by atoms with Crippen LogP contribution < -0.4 is 19.3 Å². The third kappa shape index (κ3) is 6.25. The molecule has 0 N–H and O–H groups in total. The van der Waals surface area contributed by atoms with E-state index in [1.807, 2.05) is 29.2 Å². The van der Waals surface area contributed by atoms with E-state index in [9.17, 15) is 19.2 Å². The van der Waals surface area contributed by atoms with Crippen LogP contribution in [0.3, 0.4) is 0 Å². The van der Waals surface area contributed by atoms with Crippen LogP contribution in [0.2, 0.25) is 0 Å². The maximum atomic E-state index is 13.7. The smallest absolute Gasteiger partial charge is 0.343 e. The second-order valence-corrected chi connectivity index (χ2v) is 11.0. The number of para-hydroxylation sites is 2. The van der Waals surface area contributed by atoms with Crippen molar-refractivity contribution in [1.29, 1.82) is 0 Å². The second-order valence-electron chi connectivity index (χ2n) is 11.0. The molecule has 46 heavy (non-hydrogen) atoms. The van der Waals surface area contributed by atoms with E-state index in [4.69, 9.17) is 9.47 Å². The number of likely N-dealkylation sites (tertiary alicyclic amines) is 1. The summed E-state index contributed by atoms with van der Waals surface area (Å²) in [6, 6.07) is 28.7. The molecule has 6 rings (SSSR count). The molecular formula is C37H33N3O6. The number of benzene rings is 4. The molecule has 0 aromatic heterocycles. The zero-order valence-electron chi connectivity index (χ0n) is 25.4. The zero-order valence-corrected chi connectivity index (χ0v) is 25.4. The summed E-state index contributed by atoms with van der Waals surface area (Å²) >= 11 is 0. The number of hydrogen-bond acceptors (Lipinski definition) is 6. The van der Waals surface area contributed by atoms with Crippen LogP contribution in [-0.2, 0) is 16.2 Å². The third-order valence-corrected chi connectivity index (χ3v) is 8.02. The highest BCUT2D eigenvalue weighted by Gasteiger charge is 2.43. The number of hydrogen-bond donors (Lipinski definition) is 0. The number of piperidine rings is 1. The molecule has 4 aromatic carbocycles. The van der Waals surface area contributed by atoms with Gasteiger partial charge in [0.15, 0.2) is 11.5 Å². The van der Waals surface area contributed by atoms with Crippen LogP contribution in [0.15, 0.2) is 109 Å². The van der Waals surface area contributed by atoms with Crippen molar-refractivity contribution in [3.63, 3.8) is 0 Å². The van der Waals surface area contributed by atoms with E-state index < -0.39 is 17.8 Å². The molecule has 0 aliphatic carbocycles. The van der Waals surface area contributed by atoms with Crippen molar-refractivity contribution in [1.82, 2.24) is 4.90 Å². The van der Waals surface area contributed by atoms with E-state index in [1.54, 1.807) is 78.9 Å². The highest BCUT2D eigenvalue weighted by Crippen LogP contribution is 2.33. The first-order valence-electron chi connectivity index (χ1n) is 15.2. The number of barbiturate groups is 1. The molecule has 0 bridgehead atoms. The first kappa shape index (κ1) is 30.3. The quantitative estimate of drug-likeness (QED) is 0.166. The Hall–Kier alpha value is -5.70. The summed E-state index contributed by atoms with van der Waals surface area (Å²) in [5.74, 6) is -0.536. The fourth-order valence-electron chi connectivity index (χ4n) is 5.58. The number of carbonyl (C=O) groups is 4. The van der Waals surface area contributed by atoms with Gasteiger partial charge in [0.1, 0.15) is 12.2 Å². The fourth-order valence-corrected chi connectivity index (χ4v) is 5.58. The van der Waals surface area contributed by atoms with E-state index >= 15 is 0 Å². The molecule has 0 radical (unpaired) electrons. The number of carbonyl (C=O) groups excluding carboxylic acids is 4. The molecule has 2 aliphatic rings. The molecule has 232 valence electrons. The Morgan fingerprint density at radius 3 is 1.87 bits per heavy atom. The van der Waals surface area contributed by atoms with Gasteiger partial charge < -0.3 is 14.4 Å². The molecule has 0 saturated carbocycles. The Morgan fingerprint density at radius 2 is 1.30 bits per heavy atom. The minimum absolute atomic E-state index is 0.0524. The molecule has 5 amide bonds. The van der Waals surface area contributed by atoms with Crippen molar-refractivity contribution in [2.24, 2.45) is 0 Å². The Balaban J connectivity index is 1.23. The first-order chi connectivity index (χ1) is 22.4. The second kappa shape index (κ2) is 13.5. The number of ether oxygens (including phenoxy) is 2. The number of urea groups is 1. The Kier molecular flexibility index (Phi) is 8.91. The van der Waals surface area contributed by atoms with Crippen molar-refractivity contribution in [3.8, 4) is 11.5 Å². The summed E-state index contributed by atoms with van der Waals surface area (Å²) in [7, 11) is 1.50. The first-order valence-corrected chi connectivity index (χ1v) is 15.2. The van der Waals surface area contributed by atoms with Crippen LogP contribution in [0.4, 0.5) is 16.2 Å². The van der Waals surface area contributed by atoms with Crippen LogP contribution in [0.25, 0.3) is 6.08 Å². The number of imide groups is 2. The number of methoxy groups -OCH3 is 1. The summed E-state index contributed by atoms with van der Waals surface area (Å²) in [6.07, 6.45) is 4.70. The summed E-state index contributed by atoms with van der Waals surface area (Å²) in [4.78, 5) is 57.6. The maximum Gasteiger partial charge on any atom is 0.343 e. The van der Waals surface area contributed by atoms with Crippen LogP contribution in [0, 0.1) is 0 Å². The highest BCUT2D eigenvalue weighted by atomic mass is 16.5. The number of rotatable bonds is 8. The normalized spacial score (nSPS) is 15.2. The van der Waals surface area contributed by atoms with Crippen molar-refractivity contribution < 1.29 is 28.7 Å². The van der Waals surface area contributed by atoms with Gasteiger partial charge in [-0.3, -0.25) is 14.4 Å². The van der Waals surface area contributed by atoms with Gasteiger partial charge in [0.25, 0.3) is 17.7 Å². The lowest BCUT2D eigenvalue weighted by Crippen LogP contribution is -2.57. The summed E-state index contributed by atoms with van der Waals surface area (Å²) in [6.45, 7) is 1.84. The van der Waals surface area contributed by atoms with Gasteiger partial charge in [-0.05, 0) is 85.0 Å². The summed E-state index contributed by atoms with van der Waals surface area (Å²) < 4.78 is 11.6. The van der Waals surface area contributed by atoms with Crippen molar-refractivity contribution >= 4 is 41.2 Å². The van der Waals surface area contributed by atoms with Gasteiger partial charge in [0, 0.05) is 18.7 Å². The van der Waals surface area contributed by atoms with Crippen molar-refractivity contribution in [2.75, 3.05) is 30.0 Å². The number of amides is 5. The van der Waals surface area contributed by atoms with Gasteiger partial charge in [-0.2, -0.15) is 0 Å². The molecule has 9 nitrogen and oxygen atoms in total. The number of nitrogens with zero attached hydrogens (tertiary/aromatic N) is 3. The molecule has 2 saturated heterocycles. The minimum Gasteiger partial charge on any atom is -0.493 e. The van der Waals surface area contributed by atoms with E-state index in [1.165, 1.54) is 19.6 Å². The van der Waals surface area contributed by atoms with Crippen LogP contribution in [-0.4, -0.2) is 48.9 Å². The summed E-state index contributed by atoms with van der Waals surface area (Å²) in [5, 5.41) is 0. The standard InChI is InChI=1S/C37H33N3O6/c1-45-33-24-27(17-20-32(33)46-25-26-15-18-28(19-16-26)34(41)38-21-9-4-10-22-38)23-31-35(42)39(29-11-5-2-6-12-29)37(44)40(36(31)43)30-13-7-3-8-14-30/h2-3,5-8,11-20,23-24H,4,9-10,21-22,25H2,1H3. The van der Waals surface area contributed by atoms with Gasteiger partial charge >= 0.3 is 6.03 Å². The molecule has 4 aromatic rings. The van der Waals surface area contributed by atoms with Gasteiger partial charge in [0.05, 0.1) is 18.5 Å². The monoisotopic (exact) mass is 615 g/mol. The fraction of sp³-hybridized carbons (Fsp3) is 0.189. The molecule has 9 heteroatoms. The number of anilines is 2. The van der Waals surface area contributed by atoms with E-state index in [0.717, 1.165) is 41.3 Å². The largest absolute Gasteiger partial charge is 0.493 e. The van der Waals surface area contributed by atoms with Gasteiger partial charge in [0.2, 0.25) is 0 Å². The van der Waals surface area contributed by atoms with Crippen LogP contribution in [0.5, 0.6) is 11.5 Å². The van der Waals surface area contributed by atoms with Crippen LogP contribution in [0.1, 0.15) is 40.7 Å². The van der Waals surface area contributed by atoms with E-state index in [-0.39, 0.29) is 18.1 Å². The lowest BCUT2D eigenvalue weighted by atomic mass is 10.0. The van der Waals surface area contributed by atoms with Crippen molar-refractivity contribution in [2.45, 2.75) is 25.9 Å². The predicted molar refractivity (Wildman–Crippen MR) is 175 cm³/mol. The van der Waals surface area contributed by atoms with Gasteiger partial charge in [-0.25, -0.2) is 14.6 Å². The summed E-state index contributed by atoms with van der Waals surface area (Å²) in [5.41, 5.74) is 2.57.